The summed E-state index contributed by atoms with van der Waals surface area (Å²) in [7, 11) is -3.05. The Balaban J connectivity index is 1.43. The summed E-state index contributed by atoms with van der Waals surface area (Å²) in [4.78, 5) is 14.9. The van der Waals surface area contributed by atoms with Gasteiger partial charge in [0.1, 0.15) is 0 Å². The van der Waals surface area contributed by atoms with Crippen LogP contribution in [0.15, 0.2) is 27.8 Å². The minimum Gasteiger partial charge on any atom is -0.411 e. The van der Waals surface area contributed by atoms with E-state index in [4.69, 9.17) is 4.42 Å². The fraction of sp³-hybridized carbons (Fsp3) is 0.571. The topological polar surface area (TPSA) is 93.4 Å². The molecule has 1 aromatic heterocycles. The molecule has 0 radical (unpaired) electrons. The summed E-state index contributed by atoms with van der Waals surface area (Å²) in [5.74, 6) is 0.811. The van der Waals surface area contributed by atoms with E-state index in [0.717, 1.165) is 36.8 Å². The largest absolute Gasteiger partial charge is 0.411 e. The van der Waals surface area contributed by atoms with Gasteiger partial charge >= 0.3 is 0 Å². The van der Waals surface area contributed by atoms with E-state index in [1.807, 2.05) is 36.9 Å². The lowest BCUT2D eigenvalue weighted by molar-refractivity contribution is -0.132. The number of amides is 1. The molecule has 7 nitrogen and oxygen atoms in total. The summed E-state index contributed by atoms with van der Waals surface area (Å²) < 4.78 is 29.7. The van der Waals surface area contributed by atoms with E-state index in [2.05, 4.69) is 10.2 Å². The quantitative estimate of drug-likeness (QED) is 0.624. The number of carbonyl (C=O) groups is 1. The number of sulfone groups is 1. The average molecular weight is 450 g/mol. The summed E-state index contributed by atoms with van der Waals surface area (Å²) in [6.07, 6.45) is 4.61. The molecule has 1 unspecified atom stereocenters. The van der Waals surface area contributed by atoms with Crippen molar-refractivity contribution >= 4 is 27.5 Å². The predicted octanol–water partition coefficient (Wildman–Crippen LogP) is 3.40. The van der Waals surface area contributed by atoms with Crippen molar-refractivity contribution in [3.8, 4) is 11.5 Å². The van der Waals surface area contributed by atoms with Crippen LogP contribution in [0.4, 0.5) is 0 Å². The fourth-order valence-electron chi connectivity index (χ4n) is 4.34. The first-order valence-electron chi connectivity index (χ1n) is 10.4. The Morgan fingerprint density at radius 1 is 1.13 bits per heavy atom. The highest BCUT2D eigenvalue weighted by Crippen LogP contribution is 2.31. The molecule has 1 saturated carbocycles. The van der Waals surface area contributed by atoms with Gasteiger partial charge in [0, 0.05) is 17.6 Å². The second-order valence-corrected chi connectivity index (χ2v) is 11.4. The third kappa shape index (κ3) is 4.72. The first-order valence-corrected chi connectivity index (χ1v) is 13.2. The van der Waals surface area contributed by atoms with Crippen LogP contribution in [0.1, 0.15) is 43.2 Å². The van der Waals surface area contributed by atoms with Gasteiger partial charge in [-0.3, -0.25) is 4.79 Å². The van der Waals surface area contributed by atoms with E-state index in [-0.39, 0.29) is 35.2 Å². The minimum absolute atomic E-state index is 0.0417. The van der Waals surface area contributed by atoms with Crippen LogP contribution in [0.3, 0.4) is 0 Å². The van der Waals surface area contributed by atoms with Gasteiger partial charge in [-0.15, -0.1) is 10.2 Å². The number of aryl methyl sites for hydroxylation is 2. The average Bonchev–Trinajstić information content (AvgIpc) is 3.44. The van der Waals surface area contributed by atoms with Crippen LogP contribution in [-0.4, -0.2) is 58.8 Å². The number of rotatable bonds is 6. The Morgan fingerprint density at radius 3 is 2.57 bits per heavy atom. The molecule has 2 heterocycles. The second-order valence-electron chi connectivity index (χ2n) is 8.26. The van der Waals surface area contributed by atoms with E-state index < -0.39 is 9.84 Å². The standard InChI is InChI=1S/C21H27N3O4S2/c1-14-7-8-16(11-15(14)2)20-22-23-21(28-20)29-12-19(25)24(17-5-3-4-6-17)18-9-10-30(26,27)13-18/h7-8,11,17-18H,3-6,9-10,12-13H2,1-2H3. The second kappa shape index (κ2) is 8.70. The monoisotopic (exact) mass is 449 g/mol. The molecule has 1 aromatic carbocycles. The zero-order valence-corrected chi connectivity index (χ0v) is 19.0. The maximum atomic E-state index is 13.1. The molecule has 0 spiro atoms. The van der Waals surface area contributed by atoms with Crippen LogP contribution in [0.5, 0.6) is 0 Å². The highest BCUT2D eigenvalue weighted by Gasteiger charge is 2.39. The van der Waals surface area contributed by atoms with Gasteiger partial charge in [0.05, 0.1) is 17.3 Å². The van der Waals surface area contributed by atoms with Gasteiger partial charge in [0.15, 0.2) is 9.84 Å². The highest BCUT2D eigenvalue weighted by molar-refractivity contribution is 7.99. The number of hydrogen-bond acceptors (Lipinski definition) is 7. The molecule has 2 aliphatic rings. The molecule has 2 aromatic rings. The van der Waals surface area contributed by atoms with E-state index in [1.165, 1.54) is 17.3 Å². The molecule has 162 valence electrons. The zero-order chi connectivity index (χ0) is 21.3. The Hall–Kier alpha value is -1.87. The van der Waals surface area contributed by atoms with Gasteiger partial charge in [-0.1, -0.05) is 30.7 Å². The van der Waals surface area contributed by atoms with Crippen molar-refractivity contribution in [2.75, 3.05) is 17.3 Å². The Bertz CT molecular complexity index is 1030. The van der Waals surface area contributed by atoms with Gasteiger partial charge in [0.25, 0.3) is 5.22 Å². The maximum absolute atomic E-state index is 13.1. The minimum atomic E-state index is -3.05. The van der Waals surface area contributed by atoms with Crippen molar-refractivity contribution in [1.29, 1.82) is 0 Å². The third-order valence-corrected chi connectivity index (χ3v) is 8.64. The molecule has 0 bridgehead atoms. The number of hydrogen-bond donors (Lipinski definition) is 0. The zero-order valence-electron chi connectivity index (χ0n) is 17.3. The molecule has 1 aliphatic carbocycles. The molecular weight excluding hydrogens is 422 g/mol. The van der Waals surface area contributed by atoms with Crippen LogP contribution in [0.25, 0.3) is 11.5 Å². The van der Waals surface area contributed by atoms with Crippen LogP contribution < -0.4 is 0 Å². The van der Waals surface area contributed by atoms with E-state index in [0.29, 0.717) is 17.5 Å². The van der Waals surface area contributed by atoms with Gasteiger partial charge in [0.2, 0.25) is 11.8 Å². The number of thioether (sulfide) groups is 1. The molecule has 9 heteroatoms. The summed E-state index contributed by atoms with van der Waals surface area (Å²) in [6, 6.07) is 5.90. The van der Waals surface area contributed by atoms with Crippen molar-refractivity contribution in [1.82, 2.24) is 15.1 Å². The molecular formula is C21H27N3O4S2. The van der Waals surface area contributed by atoms with Crippen molar-refractivity contribution in [2.24, 2.45) is 0 Å². The Labute approximate surface area is 181 Å². The number of benzene rings is 1. The van der Waals surface area contributed by atoms with Gasteiger partial charge in [-0.2, -0.15) is 0 Å². The van der Waals surface area contributed by atoms with Gasteiger partial charge in [-0.05, 0) is 56.4 Å². The third-order valence-electron chi connectivity index (χ3n) is 6.09. The summed E-state index contributed by atoms with van der Waals surface area (Å²) in [5, 5.41) is 8.54. The molecule has 4 rings (SSSR count). The molecule has 1 aliphatic heterocycles. The lowest BCUT2D eigenvalue weighted by atomic mass is 10.1. The van der Waals surface area contributed by atoms with E-state index >= 15 is 0 Å². The molecule has 1 amide bonds. The summed E-state index contributed by atoms with van der Waals surface area (Å²) in [5.41, 5.74) is 3.20. The Morgan fingerprint density at radius 2 is 1.90 bits per heavy atom. The molecule has 2 fully saturated rings. The van der Waals surface area contributed by atoms with Crippen molar-refractivity contribution in [3.05, 3.63) is 29.3 Å². The smallest absolute Gasteiger partial charge is 0.277 e. The van der Waals surface area contributed by atoms with Crippen LogP contribution in [0.2, 0.25) is 0 Å². The molecule has 0 N–H and O–H groups in total. The fourth-order valence-corrected chi connectivity index (χ4v) is 6.68. The molecule has 1 atom stereocenters. The van der Waals surface area contributed by atoms with Crippen LogP contribution >= 0.6 is 11.8 Å². The van der Waals surface area contributed by atoms with Gasteiger partial charge in [-0.25, -0.2) is 8.42 Å². The lowest BCUT2D eigenvalue weighted by Crippen LogP contribution is -2.47. The SMILES string of the molecule is Cc1ccc(-c2nnc(SCC(=O)N(C3CCCC3)C3CCS(=O)(=O)C3)o2)cc1C. The van der Waals surface area contributed by atoms with Crippen molar-refractivity contribution < 1.29 is 17.6 Å². The highest BCUT2D eigenvalue weighted by atomic mass is 32.2. The van der Waals surface area contributed by atoms with E-state index in [1.54, 1.807) is 0 Å². The van der Waals surface area contributed by atoms with Crippen molar-refractivity contribution in [3.63, 3.8) is 0 Å². The normalized spacial score (nSPS) is 21.2. The van der Waals surface area contributed by atoms with Crippen molar-refractivity contribution in [2.45, 2.75) is 63.3 Å². The van der Waals surface area contributed by atoms with Crippen LogP contribution in [-0.2, 0) is 14.6 Å². The van der Waals surface area contributed by atoms with E-state index in [9.17, 15) is 13.2 Å². The maximum Gasteiger partial charge on any atom is 0.277 e. The lowest BCUT2D eigenvalue weighted by Gasteiger charge is -2.34. The number of nitrogens with zero attached hydrogens (tertiary/aromatic N) is 3. The predicted molar refractivity (Wildman–Crippen MR) is 116 cm³/mol. The molecule has 1 saturated heterocycles. The summed E-state index contributed by atoms with van der Waals surface area (Å²) >= 11 is 1.22. The summed E-state index contributed by atoms with van der Waals surface area (Å²) in [6.45, 7) is 4.08. The number of carbonyl (C=O) groups excluding carboxylic acids is 1. The first kappa shape index (κ1) is 21.4. The number of aromatic nitrogens is 2. The Kier molecular flexibility index (Phi) is 6.20. The van der Waals surface area contributed by atoms with Gasteiger partial charge < -0.3 is 9.32 Å². The first-order chi connectivity index (χ1) is 14.3. The molecule has 30 heavy (non-hydrogen) atoms. The van der Waals surface area contributed by atoms with Crippen LogP contribution in [0, 0.1) is 13.8 Å².